The highest BCUT2D eigenvalue weighted by Gasteiger charge is 2.34. The minimum Gasteiger partial charge on any atom is -0.469 e. The van der Waals surface area contributed by atoms with Gasteiger partial charge in [0.15, 0.2) is 0 Å². The number of ether oxygens (including phenoxy) is 2. The number of hydrogen-bond acceptors (Lipinski definition) is 8. The summed E-state index contributed by atoms with van der Waals surface area (Å²) in [5.74, 6) is -1.13. The van der Waals surface area contributed by atoms with Crippen molar-refractivity contribution in [3.05, 3.63) is 93.2 Å². The minimum atomic E-state index is -0.330. The van der Waals surface area contributed by atoms with Crippen LogP contribution >= 0.6 is 0 Å². The van der Waals surface area contributed by atoms with E-state index in [2.05, 4.69) is 29.5 Å². The zero-order valence-electron chi connectivity index (χ0n) is 27.1. The normalized spacial score (nSPS) is 26.7. The van der Waals surface area contributed by atoms with Gasteiger partial charge in [-0.05, 0) is 86.6 Å². The standard InChI is InChI=1S/C35H42N4O6/c1-9-22-21(6)34(42)39-29(22)16-27-20(5)25(12-14-33(41)45-8)31(37-27)17-30-24(11-13-32(40)44-7)19(4)26(36-30)15-28-18(3)23(10-2)35(43)38-28/h9-10,15-17,20-21,27,37H,2,11-14H2,1,3-8H3,(H,38,43)(H,39,42)/b22-9-,28-15-,29-16-,30-17-/t20?,21-,27?/m0/s1. The number of amides is 2. The van der Waals surface area contributed by atoms with Crippen molar-refractivity contribution in [2.24, 2.45) is 16.8 Å². The highest BCUT2D eigenvalue weighted by Crippen LogP contribution is 2.37. The molecule has 2 amide bonds. The summed E-state index contributed by atoms with van der Waals surface area (Å²) in [6, 6.07) is -0.158. The third kappa shape index (κ3) is 6.84. The number of allylic oxidation sites excluding steroid dienone is 7. The highest BCUT2D eigenvalue weighted by atomic mass is 16.5. The van der Waals surface area contributed by atoms with Crippen LogP contribution in [0.2, 0.25) is 0 Å². The fraction of sp³-hybridized carbons (Fsp3) is 0.400. The Hall–Kier alpha value is -4.73. The molecule has 4 aliphatic heterocycles. The molecule has 0 aromatic carbocycles. The van der Waals surface area contributed by atoms with Crippen LogP contribution in [0.4, 0.5) is 0 Å². The highest BCUT2D eigenvalue weighted by molar-refractivity contribution is 6.14. The van der Waals surface area contributed by atoms with E-state index in [0.29, 0.717) is 35.5 Å². The summed E-state index contributed by atoms with van der Waals surface area (Å²) >= 11 is 0. The van der Waals surface area contributed by atoms with Gasteiger partial charge in [-0.3, -0.25) is 19.2 Å². The lowest BCUT2D eigenvalue weighted by Crippen LogP contribution is -2.27. The van der Waals surface area contributed by atoms with Crippen LogP contribution < -0.4 is 16.0 Å². The average Bonchev–Trinajstić information content (AvgIpc) is 3.66. The van der Waals surface area contributed by atoms with Crippen LogP contribution in [0.3, 0.4) is 0 Å². The van der Waals surface area contributed by atoms with Gasteiger partial charge in [0.25, 0.3) is 5.91 Å². The Bertz CT molecular complexity index is 1600. The topological polar surface area (TPSA) is 135 Å². The maximum absolute atomic E-state index is 12.4. The van der Waals surface area contributed by atoms with E-state index in [4.69, 9.17) is 14.5 Å². The van der Waals surface area contributed by atoms with E-state index in [9.17, 15) is 19.2 Å². The summed E-state index contributed by atoms with van der Waals surface area (Å²) in [7, 11) is 2.73. The van der Waals surface area contributed by atoms with Crippen molar-refractivity contribution < 1.29 is 28.7 Å². The van der Waals surface area contributed by atoms with Gasteiger partial charge in [0.1, 0.15) is 0 Å². The molecule has 0 radical (unpaired) electrons. The number of esters is 2. The van der Waals surface area contributed by atoms with Gasteiger partial charge in [-0.15, -0.1) is 0 Å². The largest absolute Gasteiger partial charge is 0.469 e. The number of carbonyl (C=O) groups is 4. The number of methoxy groups -OCH3 is 2. The van der Waals surface area contributed by atoms with E-state index in [1.807, 2.05) is 52.0 Å². The van der Waals surface area contributed by atoms with Crippen LogP contribution in [0.1, 0.15) is 60.3 Å². The molecule has 2 unspecified atom stereocenters. The third-order valence-corrected chi connectivity index (χ3v) is 8.93. The molecule has 238 valence electrons. The van der Waals surface area contributed by atoms with Gasteiger partial charge in [-0.1, -0.05) is 25.7 Å². The zero-order chi connectivity index (χ0) is 33.0. The first-order chi connectivity index (χ1) is 21.4. The second-order valence-corrected chi connectivity index (χ2v) is 11.5. The predicted octanol–water partition coefficient (Wildman–Crippen LogP) is 4.52. The molecule has 45 heavy (non-hydrogen) atoms. The van der Waals surface area contributed by atoms with Crippen molar-refractivity contribution in [3.63, 3.8) is 0 Å². The Morgan fingerprint density at radius 1 is 0.956 bits per heavy atom. The number of nitrogens with one attached hydrogen (secondary N) is 3. The molecule has 0 aromatic rings. The van der Waals surface area contributed by atoms with Gasteiger partial charge in [-0.25, -0.2) is 4.99 Å². The second-order valence-electron chi connectivity index (χ2n) is 11.5. The van der Waals surface area contributed by atoms with E-state index < -0.39 is 0 Å². The lowest BCUT2D eigenvalue weighted by atomic mass is 9.91. The Balaban J connectivity index is 1.77. The van der Waals surface area contributed by atoms with E-state index in [-0.39, 0.29) is 54.5 Å². The van der Waals surface area contributed by atoms with Crippen LogP contribution in [0, 0.1) is 11.8 Å². The molecule has 1 saturated heterocycles. The summed E-state index contributed by atoms with van der Waals surface area (Å²) in [5, 5.41) is 9.50. The molecular formula is C35H42N4O6. The lowest BCUT2D eigenvalue weighted by Gasteiger charge is -2.16. The Morgan fingerprint density at radius 2 is 1.62 bits per heavy atom. The second kappa shape index (κ2) is 13.9. The number of hydrogen-bond donors (Lipinski definition) is 3. The van der Waals surface area contributed by atoms with Gasteiger partial charge in [0.2, 0.25) is 5.91 Å². The molecule has 0 aliphatic carbocycles. The summed E-state index contributed by atoms with van der Waals surface area (Å²) in [6.45, 7) is 13.4. The molecule has 4 aliphatic rings. The molecule has 4 rings (SSSR count). The number of nitrogens with zero attached hydrogens (tertiary/aromatic N) is 1. The maximum atomic E-state index is 12.4. The SMILES string of the molecule is C=CC1=C(C)/C(=C/C2=NC(=C\C3=C(CCC(=O)OC)C(C)C(/C=C4\NC(=O)[C@@H](C)\C4=C\C)N3)/C(CCC(=O)OC)=C2C)NC1=O. The van der Waals surface area contributed by atoms with E-state index in [1.165, 1.54) is 20.3 Å². The molecule has 3 atom stereocenters. The monoisotopic (exact) mass is 614 g/mol. The molecule has 4 heterocycles. The molecule has 0 aromatic heterocycles. The van der Waals surface area contributed by atoms with Gasteiger partial charge >= 0.3 is 11.9 Å². The summed E-state index contributed by atoms with van der Waals surface area (Å²) in [5.41, 5.74) is 8.62. The Kier molecular flexibility index (Phi) is 10.3. The van der Waals surface area contributed by atoms with Gasteiger partial charge < -0.3 is 25.4 Å². The summed E-state index contributed by atoms with van der Waals surface area (Å²) in [6.07, 6.45) is 10.6. The maximum Gasteiger partial charge on any atom is 0.305 e. The van der Waals surface area contributed by atoms with E-state index in [0.717, 1.165) is 39.3 Å². The first-order valence-corrected chi connectivity index (χ1v) is 15.1. The van der Waals surface area contributed by atoms with E-state index in [1.54, 1.807) is 0 Å². The molecular weight excluding hydrogens is 572 g/mol. The molecule has 10 nitrogen and oxygen atoms in total. The summed E-state index contributed by atoms with van der Waals surface area (Å²) < 4.78 is 9.83. The molecule has 1 fully saturated rings. The first-order valence-electron chi connectivity index (χ1n) is 15.1. The molecule has 10 heteroatoms. The van der Waals surface area contributed by atoms with Crippen LogP contribution in [-0.2, 0) is 28.7 Å². The van der Waals surface area contributed by atoms with Crippen molar-refractivity contribution in [1.29, 1.82) is 0 Å². The fourth-order valence-corrected chi connectivity index (χ4v) is 6.09. The summed E-state index contributed by atoms with van der Waals surface area (Å²) in [4.78, 5) is 54.1. The molecule has 0 spiro atoms. The smallest absolute Gasteiger partial charge is 0.305 e. The van der Waals surface area contributed by atoms with Crippen molar-refractivity contribution in [1.82, 2.24) is 16.0 Å². The van der Waals surface area contributed by atoms with Crippen LogP contribution in [0.15, 0.2) is 98.2 Å². The Labute approximate surface area is 264 Å². The average molecular weight is 615 g/mol. The quantitative estimate of drug-likeness (QED) is 0.308. The zero-order valence-corrected chi connectivity index (χ0v) is 27.1. The van der Waals surface area contributed by atoms with Crippen molar-refractivity contribution >= 4 is 29.5 Å². The number of rotatable bonds is 10. The number of aliphatic imine (C=N–C) groups is 1. The van der Waals surface area contributed by atoms with Crippen LogP contribution in [-0.4, -0.2) is 49.7 Å². The van der Waals surface area contributed by atoms with Gasteiger partial charge in [0.05, 0.1) is 37.6 Å². The van der Waals surface area contributed by atoms with E-state index >= 15 is 0 Å². The van der Waals surface area contributed by atoms with Crippen molar-refractivity contribution in [3.8, 4) is 0 Å². The van der Waals surface area contributed by atoms with Crippen molar-refractivity contribution in [2.75, 3.05) is 14.2 Å². The van der Waals surface area contributed by atoms with Crippen LogP contribution in [0.25, 0.3) is 0 Å². The third-order valence-electron chi connectivity index (χ3n) is 8.93. The van der Waals surface area contributed by atoms with Gasteiger partial charge in [0, 0.05) is 41.4 Å². The number of carbonyl (C=O) groups excluding carboxylic acids is 4. The fourth-order valence-electron chi connectivity index (χ4n) is 6.09. The molecule has 3 N–H and O–H groups in total. The van der Waals surface area contributed by atoms with Crippen LogP contribution in [0.5, 0.6) is 0 Å². The molecule has 0 bridgehead atoms. The molecule has 0 saturated carbocycles. The predicted molar refractivity (Wildman–Crippen MR) is 172 cm³/mol. The van der Waals surface area contributed by atoms with Crippen molar-refractivity contribution in [2.45, 2.75) is 66.3 Å². The lowest BCUT2D eigenvalue weighted by molar-refractivity contribution is -0.141. The first kappa shape index (κ1) is 33.2. The minimum absolute atomic E-state index is 0.00528. The van der Waals surface area contributed by atoms with Gasteiger partial charge in [-0.2, -0.15) is 0 Å². The Morgan fingerprint density at radius 3 is 2.22 bits per heavy atom.